The SMILES string of the molecule is O=C(O)c1cc(N2CCc3ccccc32)ccc1NC(=O)C(F)(F)F. The number of para-hydroxylation sites is 1. The van der Waals surface area contributed by atoms with Crippen LogP contribution in [-0.4, -0.2) is 29.7 Å². The summed E-state index contributed by atoms with van der Waals surface area (Å²) in [6.07, 6.45) is -4.31. The lowest BCUT2D eigenvalue weighted by atomic mass is 10.1. The van der Waals surface area contributed by atoms with Gasteiger partial charge in [0.05, 0.1) is 11.3 Å². The van der Waals surface area contributed by atoms with E-state index in [9.17, 15) is 27.9 Å². The van der Waals surface area contributed by atoms with Crippen molar-refractivity contribution in [3.8, 4) is 0 Å². The highest BCUT2D eigenvalue weighted by atomic mass is 19.4. The number of carbonyl (C=O) groups is 2. The Morgan fingerprint density at radius 2 is 1.84 bits per heavy atom. The first kappa shape index (κ1) is 16.8. The van der Waals surface area contributed by atoms with E-state index in [2.05, 4.69) is 0 Å². The fraction of sp³-hybridized carbons (Fsp3) is 0.176. The molecule has 130 valence electrons. The van der Waals surface area contributed by atoms with Crippen molar-refractivity contribution in [2.75, 3.05) is 16.8 Å². The summed E-state index contributed by atoms with van der Waals surface area (Å²) in [4.78, 5) is 24.4. The summed E-state index contributed by atoms with van der Waals surface area (Å²) in [7, 11) is 0. The van der Waals surface area contributed by atoms with Crippen molar-refractivity contribution in [1.82, 2.24) is 0 Å². The number of hydrogen-bond acceptors (Lipinski definition) is 3. The van der Waals surface area contributed by atoms with Crippen LogP contribution in [0.1, 0.15) is 15.9 Å². The van der Waals surface area contributed by atoms with Gasteiger partial charge >= 0.3 is 18.1 Å². The molecule has 1 heterocycles. The number of halogens is 3. The van der Waals surface area contributed by atoms with Crippen LogP contribution >= 0.6 is 0 Å². The quantitative estimate of drug-likeness (QED) is 0.888. The second-order valence-electron chi connectivity index (χ2n) is 5.52. The summed E-state index contributed by atoms with van der Waals surface area (Å²) >= 11 is 0. The summed E-state index contributed by atoms with van der Waals surface area (Å²) in [5, 5.41) is 10.9. The van der Waals surface area contributed by atoms with Gasteiger partial charge in [0.2, 0.25) is 0 Å². The molecule has 1 amide bonds. The van der Waals surface area contributed by atoms with Gasteiger partial charge in [-0.15, -0.1) is 0 Å². The molecule has 5 nitrogen and oxygen atoms in total. The zero-order chi connectivity index (χ0) is 18.2. The number of carbonyl (C=O) groups excluding carboxylic acids is 1. The van der Waals surface area contributed by atoms with E-state index in [1.54, 1.807) is 5.32 Å². The maximum absolute atomic E-state index is 12.4. The second kappa shape index (κ2) is 6.12. The third-order valence-electron chi connectivity index (χ3n) is 3.94. The number of amides is 1. The summed E-state index contributed by atoms with van der Waals surface area (Å²) in [6, 6.07) is 11.5. The van der Waals surface area contributed by atoms with Gasteiger partial charge in [0, 0.05) is 17.9 Å². The molecule has 8 heteroatoms. The lowest BCUT2D eigenvalue weighted by molar-refractivity contribution is -0.167. The Morgan fingerprint density at radius 1 is 1.12 bits per heavy atom. The van der Waals surface area contributed by atoms with E-state index < -0.39 is 29.3 Å². The first-order chi connectivity index (χ1) is 11.8. The van der Waals surface area contributed by atoms with Crippen LogP contribution in [0.5, 0.6) is 0 Å². The molecular formula is C17H13F3N2O3. The number of nitrogens with zero attached hydrogens (tertiary/aromatic N) is 1. The molecular weight excluding hydrogens is 337 g/mol. The number of carboxylic acids is 1. The zero-order valence-corrected chi connectivity index (χ0v) is 12.8. The molecule has 2 N–H and O–H groups in total. The van der Waals surface area contributed by atoms with Gasteiger partial charge in [-0.25, -0.2) is 4.79 Å². The monoisotopic (exact) mass is 350 g/mol. The van der Waals surface area contributed by atoms with Crippen molar-refractivity contribution in [3.63, 3.8) is 0 Å². The van der Waals surface area contributed by atoms with Crippen molar-refractivity contribution < 1.29 is 27.9 Å². The molecule has 0 fully saturated rings. The number of rotatable bonds is 3. The molecule has 2 aromatic carbocycles. The van der Waals surface area contributed by atoms with Crippen molar-refractivity contribution in [3.05, 3.63) is 53.6 Å². The minimum Gasteiger partial charge on any atom is -0.478 e. The molecule has 1 aliphatic heterocycles. The Morgan fingerprint density at radius 3 is 2.52 bits per heavy atom. The first-order valence-corrected chi connectivity index (χ1v) is 7.38. The van der Waals surface area contributed by atoms with Crippen LogP contribution in [0, 0.1) is 0 Å². The van der Waals surface area contributed by atoms with Gasteiger partial charge in [-0.1, -0.05) is 18.2 Å². The standard InChI is InChI=1S/C17H13F3N2O3/c18-17(19,20)16(25)21-13-6-5-11(9-12(13)15(23)24)22-8-7-10-3-1-2-4-14(10)22/h1-6,9H,7-8H2,(H,21,25)(H,23,24). The van der Waals surface area contributed by atoms with Crippen molar-refractivity contribution >= 4 is 28.9 Å². The number of benzene rings is 2. The summed E-state index contributed by atoms with van der Waals surface area (Å²) in [5.41, 5.74) is 1.76. The number of alkyl halides is 3. The third-order valence-corrected chi connectivity index (χ3v) is 3.94. The normalized spacial score (nSPS) is 13.5. The Bertz CT molecular complexity index is 849. The predicted octanol–water partition coefficient (Wildman–Crippen LogP) is 3.58. The topological polar surface area (TPSA) is 69.6 Å². The Labute approximate surface area is 140 Å². The van der Waals surface area contributed by atoms with E-state index in [0.29, 0.717) is 12.2 Å². The molecule has 0 atom stereocenters. The van der Waals surface area contributed by atoms with Gasteiger partial charge in [-0.2, -0.15) is 13.2 Å². The zero-order valence-electron chi connectivity index (χ0n) is 12.8. The molecule has 0 aliphatic carbocycles. The van der Waals surface area contributed by atoms with Gasteiger partial charge in [0.25, 0.3) is 0 Å². The predicted molar refractivity (Wildman–Crippen MR) is 85.2 cm³/mol. The number of aromatic carboxylic acids is 1. The van der Waals surface area contributed by atoms with Crippen LogP contribution in [0.25, 0.3) is 0 Å². The number of hydrogen-bond donors (Lipinski definition) is 2. The molecule has 3 rings (SSSR count). The van der Waals surface area contributed by atoms with Crippen molar-refractivity contribution in [2.45, 2.75) is 12.6 Å². The number of anilines is 3. The molecule has 0 spiro atoms. The molecule has 2 aromatic rings. The van der Waals surface area contributed by atoms with Crippen LogP contribution in [-0.2, 0) is 11.2 Å². The highest BCUT2D eigenvalue weighted by molar-refractivity contribution is 6.03. The molecule has 25 heavy (non-hydrogen) atoms. The van der Waals surface area contributed by atoms with Crippen LogP contribution in [0.2, 0.25) is 0 Å². The average Bonchev–Trinajstić information content (AvgIpc) is 2.98. The number of nitrogens with one attached hydrogen (secondary N) is 1. The van der Waals surface area contributed by atoms with Crippen molar-refractivity contribution in [1.29, 1.82) is 0 Å². The Hall–Kier alpha value is -3.03. The second-order valence-corrected chi connectivity index (χ2v) is 5.52. The molecule has 0 aromatic heterocycles. The van der Waals surface area contributed by atoms with Gasteiger partial charge in [-0.3, -0.25) is 4.79 Å². The van der Waals surface area contributed by atoms with Gasteiger partial charge in [0.1, 0.15) is 0 Å². The van der Waals surface area contributed by atoms with E-state index in [1.807, 2.05) is 29.2 Å². The molecule has 0 unspecified atom stereocenters. The van der Waals surface area contributed by atoms with Crippen LogP contribution < -0.4 is 10.2 Å². The first-order valence-electron chi connectivity index (χ1n) is 7.38. The van der Waals surface area contributed by atoms with E-state index in [1.165, 1.54) is 18.2 Å². The Balaban J connectivity index is 1.96. The molecule has 0 bridgehead atoms. The fourth-order valence-electron chi connectivity index (χ4n) is 2.79. The van der Waals surface area contributed by atoms with E-state index >= 15 is 0 Å². The smallest absolute Gasteiger partial charge is 0.471 e. The largest absolute Gasteiger partial charge is 0.478 e. The minimum absolute atomic E-state index is 0.397. The fourth-order valence-corrected chi connectivity index (χ4v) is 2.79. The van der Waals surface area contributed by atoms with Crippen molar-refractivity contribution in [2.24, 2.45) is 0 Å². The summed E-state index contributed by atoms with van der Waals surface area (Å²) < 4.78 is 37.2. The van der Waals surface area contributed by atoms with Crippen LogP contribution in [0.3, 0.4) is 0 Å². The lowest BCUT2D eigenvalue weighted by Gasteiger charge is -2.21. The highest BCUT2D eigenvalue weighted by Crippen LogP contribution is 2.36. The van der Waals surface area contributed by atoms with Crippen LogP contribution in [0.4, 0.5) is 30.2 Å². The lowest BCUT2D eigenvalue weighted by Crippen LogP contribution is -2.30. The van der Waals surface area contributed by atoms with Gasteiger partial charge in [-0.05, 0) is 36.2 Å². The molecule has 0 saturated heterocycles. The number of carboxylic acid groups (broad SMARTS) is 1. The van der Waals surface area contributed by atoms with Crippen LogP contribution in [0.15, 0.2) is 42.5 Å². The molecule has 0 saturated carbocycles. The minimum atomic E-state index is -5.09. The van der Waals surface area contributed by atoms with Gasteiger partial charge < -0.3 is 15.3 Å². The molecule has 1 aliphatic rings. The maximum Gasteiger partial charge on any atom is 0.471 e. The highest BCUT2D eigenvalue weighted by Gasteiger charge is 2.39. The maximum atomic E-state index is 12.4. The Kier molecular flexibility index (Phi) is 4.12. The number of fused-ring (bicyclic) bond motifs is 1. The van der Waals surface area contributed by atoms with E-state index in [4.69, 9.17) is 0 Å². The van der Waals surface area contributed by atoms with E-state index in [0.717, 1.165) is 17.7 Å². The van der Waals surface area contributed by atoms with Gasteiger partial charge in [0.15, 0.2) is 0 Å². The summed E-state index contributed by atoms with van der Waals surface area (Å²) in [6.45, 7) is 0.632. The van der Waals surface area contributed by atoms with E-state index in [-0.39, 0.29) is 0 Å². The molecule has 0 radical (unpaired) electrons. The summed E-state index contributed by atoms with van der Waals surface area (Å²) in [5.74, 6) is -3.64. The third kappa shape index (κ3) is 3.28. The average molecular weight is 350 g/mol.